The number of nitrogens with one attached hydrogen (secondary N) is 2. The lowest BCUT2D eigenvalue weighted by molar-refractivity contribution is -0.142. The molecule has 3 unspecified atom stereocenters. The fourth-order valence-electron chi connectivity index (χ4n) is 5.91. The van der Waals surface area contributed by atoms with Gasteiger partial charge in [0.15, 0.2) is 0 Å². The average molecular weight is 480 g/mol. The van der Waals surface area contributed by atoms with Gasteiger partial charge in [0.05, 0.1) is 0 Å². The molecule has 1 rings (SSSR count). The Kier molecular flexibility index (Phi) is 10.7. The molecule has 0 radical (unpaired) electrons. The second-order valence-electron chi connectivity index (χ2n) is 13.0. The Bertz CT molecular complexity index is 712. The molecular weight excluding hydrogens is 426 g/mol. The number of amides is 3. The Hall–Kier alpha value is -1.59. The van der Waals surface area contributed by atoms with Gasteiger partial charge in [-0.3, -0.25) is 14.4 Å². The molecule has 198 valence electrons. The zero-order valence-electron chi connectivity index (χ0n) is 23.8. The zero-order chi connectivity index (χ0) is 26.4. The van der Waals surface area contributed by atoms with Gasteiger partial charge in [0, 0.05) is 41.9 Å². The van der Waals surface area contributed by atoms with Crippen LogP contribution in [0.2, 0.25) is 0 Å². The van der Waals surface area contributed by atoms with Crippen LogP contribution in [0.5, 0.6) is 0 Å². The van der Waals surface area contributed by atoms with Crippen molar-refractivity contribution in [1.82, 2.24) is 15.5 Å². The van der Waals surface area contributed by atoms with Gasteiger partial charge in [-0.05, 0) is 71.6 Å². The predicted molar refractivity (Wildman–Crippen MR) is 140 cm³/mol. The van der Waals surface area contributed by atoms with Crippen LogP contribution in [0.15, 0.2) is 0 Å². The SMILES string of the molecule is CCNC(=O)C(C)(CC(C)N1CCCCCC1=O)CC(C)(CC)C(=O)NC(C)(C)CC(C)(C)C. The van der Waals surface area contributed by atoms with E-state index in [9.17, 15) is 14.4 Å². The summed E-state index contributed by atoms with van der Waals surface area (Å²) in [6.07, 6.45) is 6.07. The molecule has 3 amide bonds. The van der Waals surface area contributed by atoms with Crippen molar-refractivity contribution in [2.24, 2.45) is 16.2 Å². The maximum Gasteiger partial charge on any atom is 0.226 e. The Morgan fingerprint density at radius 3 is 2.06 bits per heavy atom. The molecule has 1 aliphatic heterocycles. The highest BCUT2D eigenvalue weighted by Gasteiger charge is 2.46. The summed E-state index contributed by atoms with van der Waals surface area (Å²) in [5.41, 5.74) is -1.72. The highest BCUT2D eigenvalue weighted by atomic mass is 16.2. The van der Waals surface area contributed by atoms with Gasteiger partial charge in [0.25, 0.3) is 0 Å². The summed E-state index contributed by atoms with van der Waals surface area (Å²) < 4.78 is 0. The normalized spacial score (nSPS) is 20.1. The molecule has 6 nitrogen and oxygen atoms in total. The molecule has 0 aliphatic carbocycles. The standard InChI is InChI=1S/C28H53N3O3/c1-11-27(9,24(34)30-26(7,8)19-25(4,5)6)20-28(10,23(33)29-12-2)18-21(3)31-17-15-13-14-16-22(31)32/h21H,11-20H2,1-10H3,(H,29,33)(H,30,34). The predicted octanol–water partition coefficient (Wildman–Crippen LogP) is 5.45. The lowest BCUT2D eigenvalue weighted by atomic mass is 9.67. The van der Waals surface area contributed by atoms with Crippen LogP contribution in [0.3, 0.4) is 0 Å². The monoisotopic (exact) mass is 479 g/mol. The van der Waals surface area contributed by atoms with E-state index in [2.05, 4.69) is 52.2 Å². The van der Waals surface area contributed by atoms with Gasteiger partial charge in [-0.25, -0.2) is 0 Å². The summed E-state index contributed by atoms with van der Waals surface area (Å²) in [6, 6.07) is -0.0558. The van der Waals surface area contributed by atoms with Crippen molar-refractivity contribution in [2.75, 3.05) is 13.1 Å². The Balaban J connectivity index is 3.17. The Morgan fingerprint density at radius 1 is 0.912 bits per heavy atom. The average Bonchev–Trinajstić information content (AvgIpc) is 2.89. The van der Waals surface area contributed by atoms with E-state index < -0.39 is 10.8 Å². The first-order valence-electron chi connectivity index (χ1n) is 13.4. The molecule has 0 saturated carbocycles. The van der Waals surface area contributed by atoms with E-state index in [1.807, 2.05) is 32.6 Å². The number of nitrogens with zero attached hydrogens (tertiary/aromatic N) is 1. The quantitative estimate of drug-likeness (QED) is 0.414. The van der Waals surface area contributed by atoms with Crippen molar-refractivity contribution in [3.8, 4) is 0 Å². The molecule has 0 bridgehead atoms. The first kappa shape index (κ1) is 30.4. The maximum absolute atomic E-state index is 13.6. The molecule has 0 aromatic carbocycles. The third kappa shape index (κ3) is 8.88. The van der Waals surface area contributed by atoms with Gasteiger partial charge in [-0.2, -0.15) is 0 Å². The molecule has 0 aromatic rings. The summed E-state index contributed by atoms with van der Waals surface area (Å²) >= 11 is 0. The second-order valence-corrected chi connectivity index (χ2v) is 13.0. The molecule has 2 N–H and O–H groups in total. The number of rotatable bonds is 11. The molecule has 0 aromatic heterocycles. The van der Waals surface area contributed by atoms with E-state index in [0.29, 0.717) is 32.2 Å². The molecule has 0 spiro atoms. The van der Waals surface area contributed by atoms with E-state index >= 15 is 0 Å². The molecule has 3 atom stereocenters. The van der Waals surface area contributed by atoms with E-state index in [1.54, 1.807) is 0 Å². The van der Waals surface area contributed by atoms with Gasteiger partial charge >= 0.3 is 0 Å². The molecular formula is C28H53N3O3. The highest BCUT2D eigenvalue weighted by Crippen LogP contribution is 2.42. The van der Waals surface area contributed by atoms with Crippen LogP contribution in [0, 0.1) is 16.2 Å². The minimum atomic E-state index is -0.766. The van der Waals surface area contributed by atoms with Crippen LogP contribution in [-0.4, -0.2) is 47.3 Å². The number of carbonyl (C=O) groups excluding carboxylic acids is 3. The van der Waals surface area contributed by atoms with Crippen LogP contribution >= 0.6 is 0 Å². The fourth-order valence-corrected chi connectivity index (χ4v) is 5.91. The minimum absolute atomic E-state index is 0.00160. The van der Waals surface area contributed by atoms with Crippen LogP contribution in [0.25, 0.3) is 0 Å². The van der Waals surface area contributed by atoms with Crippen molar-refractivity contribution < 1.29 is 14.4 Å². The van der Waals surface area contributed by atoms with Crippen LogP contribution < -0.4 is 10.6 Å². The smallest absolute Gasteiger partial charge is 0.226 e. The Morgan fingerprint density at radius 2 is 1.53 bits per heavy atom. The van der Waals surface area contributed by atoms with E-state index in [4.69, 9.17) is 0 Å². The first-order chi connectivity index (χ1) is 15.5. The summed E-state index contributed by atoms with van der Waals surface area (Å²) in [6.45, 7) is 21.9. The Labute approximate surface area is 209 Å². The van der Waals surface area contributed by atoms with Gasteiger partial charge in [-0.1, -0.05) is 48.0 Å². The first-order valence-corrected chi connectivity index (χ1v) is 13.4. The molecule has 34 heavy (non-hydrogen) atoms. The van der Waals surface area contributed by atoms with Gasteiger partial charge < -0.3 is 15.5 Å². The van der Waals surface area contributed by atoms with Crippen molar-refractivity contribution in [3.05, 3.63) is 0 Å². The number of hydrogen-bond acceptors (Lipinski definition) is 3. The van der Waals surface area contributed by atoms with E-state index in [1.165, 1.54) is 0 Å². The topological polar surface area (TPSA) is 78.5 Å². The maximum atomic E-state index is 13.6. The van der Waals surface area contributed by atoms with E-state index in [-0.39, 0.29) is 34.7 Å². The number of carbonyl (C=O) groups is 3. The minimum Gasteiger partial charge on any atom is -0.356 e. The lowest BCUT2D eigenvalue weighted by Gasteiger charge is -2.42. The summed E-state index contributed by atoms with van der Waals surface area (Å²) in [4.78, 5) is 41.7. The largest absolute Gasteiger partial charge is 0.356 e. The third-order valence-electron chi connectivity index (χ3n) is 7.31. The number of likely N-dealkylation sites (tertiary alicyclic amines) is 1. The summed E-state index contributed by atoms with van der Waals surface area (Å²) in [5, 5.41) is 6.30. The van der Waals surface area contributed by atoms with Crippen molar-refractivity contribution >= 4 is 17.7 Å². The van der Waals surface area contributed by atoms with Crippen LogP contribution in [0.1, 0.15) is 121 Å². The second kappa shape index (κ2) is 11.9. The van der Waals surface area contributed by atoms with Crippen molar-refractivity contribution in [3.63, 3.8) is 0 Å². The van der Waals surface area contributed by atoms with E-state index in [0.717, 1.165) is 32.2 Å². The van der Waals surface area contributed by atoms with Gasteiger partial charge in [0.2, 0.25) is 17.7 Å². The molecule has 1 heterocycles. The fraction of sp³-hybridized carbons (Fsp3) is 0.893. The number of hydrogen-bond donors (Lipinski definition) is 2. The molecule has 1 saturated heterocycles. The molecule has 1 fully saturated rings. The summed E-state index contributed by atoms with van der Waals surface area (Å²) in [5.74, 6) is 0.145. The molecule has 6 heteroatoms. The lowest BCUT2D eigenvalue weighted by Crippen LogP contribution is -2.54. The molecule has 1 aliphatic rings. The zero-order valence-corrected chi connectivity index (χ0v) is 23.8. The van der Waals surface area contributed by atoms with Crippen molar-refractivity contribution in [2.45, 2.75) is 132 Å². The highest BCUT2D eigenvalue weighted by molar-refractivity contribution is 5.86. The van der Waals surface area contributed by atoms with Gasteiger partial charge in [0.1, 0.15) is 0 Å². The third-order valence-corrected chi connectivity index (χ3v) is 7.31. The van der Waals surface area contributed by atoms with Crippen LogP contribution in [-0.2, 0) is 14.4 Å². The van der Waals surface area contributed by atoms with Crippen molar-refractivity contribution in [1.29, 1.82) is 0 Å². The van der Waals surface area contributed by atoms with Crippen LogP contribution in [0.4, 0.5) is 0 Å². The van der Waals surface area contributed by atoms with Gasteiger partial charge in [-0.15, -0.1) is 0 Å². The summed E-state index contributed by atoms with van der Waals surface area (Å²) in [7, 11) is 0.